The minimum atomic E-state index is -1.83. The Morgan fingerprint density at radius 1 is 1.05 bits per heavy atom. The van der Waals surface area contributed by atoms with Gasteiger partial charge in [0.15, 0.2) is 6.29 Å². The van der Waals surface area contributed by atoms with Crippen LogP contribution in [0.4, 0.5) is 0 Å². The number of carboxylic acids is 1. The number of carbonyl (C=O) groups is 3. The van der Waals surface area contributed by atoms with Gasteiger partial charge in [-0.1, -0.05) is 12.1 Å². The number of carbonyl (C=O) groups excluding carboxylic acids is 2. The molecule has 0 saturated carbocycles. The molecule has 2 aliphatic heterocycles. The standard InChI is InChI=1S/C25H30O14/c1-35-23(34)16-11-37-24(39-25-22(33)21(32)20(31)17(10-26)38-25)15(8-18(28)29)14(16)9-19(30)36-7-6-12-2-4-13(27)5-3-12/h2-5,8,11,14,17,20-22,24-27,31-33H,6-7,9-10H2,1H3,(H,28,29)/b15-8-. The number of carboxylic acid groups (broad SMARTS) is 1. The third-order valence-electron chi connectivity index (χ3n) is 6.15. The first-order chi connectivity index (χ1) is 18.5. The van der Waals surface area contributed by atoms with Gasteiger partial charge in [0.25, 0.3) is 0 Å². The summed E-state index contributed by atoms with van der Waals surface area (Å²) in [5.74, 6) is -4.36. The number of esters is 2. The first-order valence-corrected chi connectivity index (χ1v) is 11.8. The van der Waals surface area contributed by atoms with E-state index in [0.29, 0.717) is 12.5 Å². The molecule has 2 heterocycles. The first-order valence-electron chi connectivity index (χ1n) is 11.8. The lowest BCUT2D eigenvalue weighted by Gasteiger charge is -2.41. The summed E-state index contributed by atoms with van der Waals surface area (Å²) in [5, 5.41) is 58.6. The summed E-state index contributed by atoms with van der Waals surface area (Å²) in [6.07, 6.45) is -8.56. The zero-order valence-corrected chi connectivity index (χ0v) is 20.8. The van der Waals surface area contributed by atoms with E-state index in [9.17, 15) is 45.0 Å². The van der Waals surface area contributed by atoms with Gasteiger partial charge in [-0.15, -0.1) is 0 Å². The molecule has 1 aromatic carbocycles. The predicted molar refractivity (Wildman–Crippen MR) is 126 cm³/mol. The highest BCUT2D eigenvalue weighted by molar-refractivity contribution is 5.91. The molecule has 1 saturated heterocycles. The first kappa shape index (κ1) is 30.0. The third kappa shape index (κ3) is 7.53. The zero-order valence-electron chi connectivity index (χ0n) is 20.8. The van der Waals surface area contributed by atoms with E-state index in [2.05, 4.69) is 0 Å². The van der Waals surface area contributed by atoms with E-state index in [1.165, 1.54) is 12.1 Å². The summed E-state index contributed by atoms with van der Waals surface area (Å²) in [4.78, 5) is 36.8. The Morgan fingerprint density at radius 3 is 2.36 bits per heavy atom. The Balaban J connectivity index is 1.80. The topological polar surface area (TPSA) is 219 Å². The SMILES string of the molecule is COC(=O)C1=COC(OC2OC(CO)C(O)C(O)C2O)/C(=C\C(=O)O)C1CC(=O)OCCc1ccc(O)cc1. The average Bonchev–Trinajstić information content (AvgIpc) is 2.91. The van der Waals surface area contributed by atoms with Gasteiger partial charge in [0.05, 0.1) is 38.6 Å². The maximum Gasteiger partial charge on any atom is 0.337 e. The summed E-state index contributed by atoms with van der Waals surface area (Å²) >= 11 is 0. The van der Waals surface area contributed by atoms with Crippen molar-refractivity contribution in [3.63, 3.8) is 0 Å². The lowest BCUT2D eigenvalue weighted by atomic mass is 9.86. The van der Waals surface area contributed by atoms with Crippen LogP contribution in [0.1, 0.15) is 12.0 Å². The Kier molecular flexibility index (Phi) is 10.4. The lowest BCUT2D eigenvalue weighted by molar-refractivity contribution is -0.327. The largest absolute Gasteiger partial charge is 0.508 e. The van der Waals surface area contributed by atoms with Crippen molar-refractivity contribution >= 4 is 17.9 Å². The second-order valence-corrected chi connectivity index (χ2v) is 8.74. The van der Waals surface area contributed by atoms with Gasteiger partial charge < -0.3 is 54.3 Å². The van der Waals surface area contributed by atoms with Crippen LogP contribution < -0.4 is 0 Å². The number of methoxy groups -OCH3 is 1. The van der Waals surface area contributed by atoms with Gasteiger partial charge in [0.2, 0.25) is 6.29 Å². The molecule has 7 unspecified atom stereocenters. The normalized spacial score (nSPS) is 29.7. The second kappa shape index (κ2) is 13.5. The molecule has 214 valence electrons. The van der Waals surface area contributed by atoms with E-state index in [0.717, 1.165) is 18.9 Å². The van der Waals surface area contributed by atoms with Gasteiger partial charge in [0.1, 0.15) is 30.2 Å². The van der Waals surface area contributed by atoms with Gasteiger partial charge >= 0.3 is 17.9 Å². The van der Waals surface area contributed by atoms with Gasteiger partial charge in [-0.3, -0.25) is 4.79 Å². The Morgan fingerprint density at radius 2 is 1.74 bits per heavy atom. The fourth-order valence-corrected chi connectivity index (χ4v) is 4.07. The fraction of sp³-hybridized carbons (Fsp3) is 0.480. The highest BCUT2D eigenvalue weighted by Crippen LogP contribution is 2.36. The number of phenols is 1. The van der Waals surface area contributed by atoms with Crippen molar-refractivity contribution in [1.29, 1.82) is 0 Å². The summed E-state index contributed by atoms with van der Waals surface area (Å²) in [6.45, 7) is -0.786. The monoisotopic (exact) mass is 554 g/mol. The number of phenolic OH excluding ortho intramolecular Hbond substituents is 1. The fourth-order valence-electron chi connectivity index (χ4n) is 4.07. The molecule has 39 heavy (non-hydrogen) atoms. The summed E-state index contributed by atoms with van der Waals surface area (Å²) in [5.41, 5.74) is 0.327. The van der Waals surface area contributed by atoms with E-state index in [-0.39, 0.29) is 23.5 Å². The molecule has 2 aliphatic rings. The van der Waals surface area contributed by atoms with Crippen LogP contribution in [0.25, 0.3) is 0 Å². The number of hydrogen-bond acceptors (Lipinski definition) is 13. The van der Waals surface area contributed by atoms with Gasteiger partial charge in [-0.2, -0.15) is 0 Å². The van der Waals surface area contributed by atoms with Crippen LogP contribution in [-0.4, -0.2) is 106 Å². The molecule has 0 radical (unpaired) electrons. The Bertz CT molecular complexity index is 1080. The number of ether oxygens (including phenoxy) is 5. The van der Waals surface area contributed by atoms with Crippen molar-refractivity contribution in [2.24, 2.45) is 5.92 Å². The molecule has 1 aromatic rings. The third-order valence-corrected chi connectivity index (χ3v) is 6.15. The number of rotatable bonds is 10. The molecule has 0 spiro atoms. The quantitative estimate of drug-likeness (QED) is 0.147. The number of benzene rings is 1. The van der Waals surface area contributed by atoms with Crippen molar-refractivity contribution in [2.75, 3.05) is 20.3 Å². The van der Waals surface area contributed by atoms with Crippen LogP contribution >= 0.6 is 0 Å². The predicted octanol–water partition coefficient (Wildman–Crippen LogP) is -1.28. The molecular formula is C25H30O14. The minimum Gasteiger partial charge on any atom is -0.508 e. The van der Waals surface area contributed by atoms with E-state index < -0.39 is 73.8 Å². The van der Waals surface area contributed by atoms with Crippen molar-refractivity contribution in [1.82, 2.24) is 0 Å². The molecule has 0 bridgehead atoms. The number of aliphatic hydroxyl groups is 4. The molecular weight excluding hydrogens is 524 g/mol. The number of aliphatic carboxylic acids is 1. The molecule has 0 amide bonds. The number of aliphatic hydroxyl groups excluding tert-OH is 4. The lowest BCUT2D eigenvalue weighted by Crippen LogP contribution is -2.60. The number of hydrogen-bond donors (Lipinski definition) is 6. The summed E-state index contributed by atoms with van der Waals surface area (Å²) < 4.78 is 26.2. The Hall–Kier alpha value is -3.53. The average molecular weight is 555 g/mol. The molecule has 0 aromatic heterocycles. The van der Waals surface area contributed by atoms with E-state index >= 15 is 0 Å². The summed E-state index contributed by atoms with van der Waals surface area (Å²) in [7, 11) is 1.08. The molecule has 3 rings (SSSR count). The second-order valence-electron chi connectivity index (χ2n) is 8.74. The number of aromatic hydroxyl groups is 1. The van der Waals surface area contributed by atoms with Gasteiger partial charge in [-0.25, -0.2) is 9.59 Å². The highest BCUT2D eigenvalue weighted by atomic mass is 16.8. The maximum absolute atomic E-state index is 12.7. The maximum atomic E-state index is 12.7. The van der Waals surface area contributed by atoms with Crippen LogP contribution in [0.5, 0.6) is 5.75 Å². The highest BCUT2D eigenvalue weighted by Gasteiger charge is 2.47. The van der Waals surface area contributed by atoms with Crippen LogP contribution in [0.3, 0.4) is 0 Å². The van der Waals surface area contributed by atoms with Crippen molar-refractivity contribution < 1.29 is 68.7 Å². The van der Waals surface area contributed by atoms with Crippen molar-refractivity contribution in [3.8, 4) is 5.75 Å². The zero-order chi connectivity index (χ0) is 28.7. The van der Waals surface area contributed by atoms with Crippen LogP contribution in [-0.2, 0) is 44.5 Å². The van der Waals surface area contributed by atoms with Crippen LogP contribution in [0.15, 0.2) is 47.7 Å². The molecule has 0 aliphatic carbocycles. The van der Waals surface area contributed by atoms with E-state index in [4.69, 9.17) is 23.7 Å². The van der Waals surface area contributed by atoms with E-state index in [1.54, 1.807) is 12.1 Å². The van der Waals surface area contributed by atoms with Crippen molar-refractivity contribution in [2.45, 2.75) is 49.8 Å². The molecule has 14 heteroatoms. The Labute approximate surface area is 222 Å². The van der Waals surface area contributed by atoms with E-state index in [1.807, 2.05) is 0 Å². The smallest absolute Gasteiger partial charge is 0.337 e. The van der Waals surface area contributed by atoms with Crippen LogP contribution in [0.2, 0.25) is 0 Å². The molecule has 6 N–H and O–H groups in total. The van der Waals surface area contributed by atoms with Gasteiger partial charge in [-0.05, 0) is 17.7 Å². The van der Waals surface area contributed by atoms with Crippen LogP contribution in [0, 0.1) is 5.92 Å². The minimum absolute atomic E-state index is 0.0487. The van der Waals surface area contributed by atoms with Crippen molar-refractivity contribution in [3.05, 3.63) is 53.3 Å². The molecule has 14 nitrogen and oxygen atoms in total. The molecule has 1 fully saturated rings. The summed E-state index contributed by atoms with van der Waals surface area (Å²) in [6, 6.07) is 6.25. The molecule has 7 atom stereocenters. The van der Waals surface area contributed by atoms with Gasteiger partial charge in [0, 0.05) is 24.0 Å².